The Morgan fingerprint density at radius 3 is 2.47 bits per heavy atom. The van der Waals surface area contributed by atoms with Gasteiger partial charge in [0.1, 0.15) is 4.75 Å². The monoisotopic (exact) mass is 224 g/mol. The van der Waals surface area contributed by atoms with Gasteiger partial charge >= 0.3 is 5.97 Å². The smallest absolute Gasteiger partial charge is 0.319 e. The molecule has 0 fully saturated rings. The van der Waals surface area contributed by atoms with Crippen molar-refractivity contribution in [2.45, 2.75) is 25.0 Å². The fourth-order valence-corrected chi connectivity index (χ4v) is 2.52. The summed E-state index contributed by atoms with van der Waals surface area (Å²) in [5.74, 6) is 0.0773. The van der Waals surface area contributed by atoms with E-state index in [9.17, 15) is 9.90 Å². The maximum Gasteiger partial charge on any atom is 0.319 e. The molecule has 3 heteroatoms. The number of carbonyl (C=O) groups is 1. The maximum absolute atomic E-state index is 11.2. The molecule has 82 valence electrons. The molecule has 15 heavy (non-hydrogen) atoms. The van der Waals surface area contributed by atoms with Gasteiger partial charge in [0.15, 0.2) is 0 Å². The lowest BCUT2D eigenvalue weighted by Crippen LogP contribution is -2.34. The molecule has 1 aromatic rings. The molecule has 0 spiro atoms. The lowest BCUT2D eigenvalue weighted by Gasteiger charge is -2.23. The van der Waals surface area contributed by atoms with Crippen LogP contribution in [0.25, 0.3) is 0 Å². The summed E-state index contributed by atoms with van der Waals surface area (Å²) in [5.41, 5.74) is 1.07. The van der Waals surface area contributed by atoms with E-state index >= 15 is 0 Å². The van der Waals surface area contributed by atoms with Crippen LogP contribution in [0.4, 0.5) is 0 Å². The van der Waals surface area contributed by atoms with Crippen molar-refractivity contribution in [2.75, 3.05) is 5.75 Å². The minimum absolute atomic E-state index is 0.571. The number of aliphatic carboxylic acids is 1. The Morgan fingerprint density at radius 1 is 1.40 bits per heavy atom. The summed E-state index contributed by atoms with van der Waals surface area (Å²) in [6.45, 7) is 3.77. The summed E-state index contributed by atoms with van der Waals surface area (Å²) in [7, 11) is 0. The molecule has 1 unspecified atom stereocenters. The van der Waals surface area contributed by atoms with Crippen molar-refractivity contribution in [3.63, 3.8) is 0 Å². The molecule has 0 aliphatic rings. The van der Waals surface area contributed by atoms with Gasteiger partial charge in [-0.25, -0.2) is 0 Å². The van der Waals surface area contributed by atoms with Crippen molar-refractivity contribution >= 4 is 17.7 Å². The van der Waals surface area contributed by atoms with Gasteiger partial charge in [-0.1, -0.05) is 37.3 Å². The van der Waals surface area contributed by atoms with Crippen LogP contribution in [-0.4, -0.2) is 21.6 Å². The van der Waals surface area contributed by atoms with Gasteiger partial charge in [-0.05, 0) is 24.7 Å². The molecule has 0 aliphatic heterocycles. The Kier molecular flexibility index (Phi) is 4.21. The van der Waals surface area contributed by atoms with E-state index in [-0.39, 0.29) is 0 Å². The number of carboxylic acids is 1. The molecule has 0 aliphatic carbocycles. The highest BCUT2D eigenvalue weighted by Crippen LogP contribution is 2.29. The molecular formula is C12H16O2S. The number of benzene rings is 1. The van der Waals surface area contributed by atoms with Gasteiger partial charge in [-0.2, -0.15) is 0 Å². The van der Waals surface area contributed by atoms with Crippen molar-refractivity contribution in [3.8, 4) is 0 Å². The second kappa shape index (κ2) is 5.21. The molecular weight excluding hydrogens is 208 g/mol. The van der Waals surface area contributed by atoms with Gasteiger partial charge in [-0.3, -0.25) is 4.79 Å². The average molecular weight is 224 g/mol. The van der Waals surface area contributed by atoms with Gasteiger partial charge in [-0.15, -0.1) is 11.8 Å². The summed E-state index contributed by atoms with van der Waals surface area (Å²) in [5, 5.41) is 9.20. The molecule has 1 aromatic carbocycles. The molecule has 0 saturated heterocycles. The molecule has 0 bridgehead atoms. The summed E-state index contributed by atoms with van der Waals surface area (Å²) >= 11 is 1.48. The first-order valence-corrected chi connectivity index (χ1v) is 5.98. The van der Waals surface area contributed by atoms with Gasteiger partial charge in [0.2, 0.25) is 0 Å². The number of carboxylic acid groups (broad SMARTS) is 1. The molecule has 0 radical (unpaired) electrons. The van der Waals surface area contributed by atoms with Gasteiger partial charge < -0.3 is 5.11 Å². The number of thioether (sulfide) groups is 1. The highest BCUT2D eigenvalue weighted by atomic mass is 32.2. The molecule has 1 N–H and O–H groups in total. The SMILES string of the molecule is CCSC(C)(Cc1ccccc1)C(=O)O. The van der Waals surface area contributed by atoms with E-state index in [0.717, 1.165) is 11.3 Å². The molecule has 2 nitrogen and oxygen atoms in total. The van der Waals surface area contributed by atoms with Crippen LogP contribution in [0, 0.1) is 0 Å². The Hall–Kier alpha value is -0.960. The topological polar surface area (TPSA) is 37.3 Å². The number of rotatable bonds is 5. The largest absolute Gasteiger partial charge is 0.480 e. The minimum Gasteiger partial charge on any atom is -0.480 e. The Bertz CT molecular complexity index is 324. The Labute approximate surface area is 94.7 Å². The van der Waals surface area contributed by atoms with Crippen LogP contribution >= 0.6 is 11.8 Å². The molecule has 1 atom stereocenters. The van der Waals surface area contributed by atoms with E-state index in [1.807, 2.05) is 37.3 Å². The average Bonchev–Trinajstić information content (AvgIpc) is 2.19. The van der Waals surface area contributed by atoms with E-state index in [4.69, 9.17) is 0 Å². The van der Waals surface area contributed by atoms with Crippen molar-refractivity contribution in [1.29, 1.82) is 0 Å². The van der Waals surface area contributed by atoms with Crippen molar-refractivity contribution < 1.29 is 9.90 Å². The third-order valence-electron chi connectivity index (χ3n) is 2.30. The Balaban J connectivity index is 2.80. The van der Waals surface area contributed by atoms with Crippen LogP contribution in [0.3, 0.4) is 0 Å². The van der Waals surface area contributed by atoms with Crippen LogP contribution in [0.2, 0.25) is 0 Å². The van der Waals surface area contributed by atoms with Crippen LogP contribution in [0.15, 0.2) is 30.3 Å². The van der Waals surface area contributed by atoms with E-state index < -0.39 is 10.7 Å². The molecule has 1 rings (SSSR count). The zero-order chi connectivity index (χ0) is 11.3. The predicted molar refractivity (Wildman–Crippen MR) is 64.3 cm³/mol. The third kappa shape index (κ3) is 3.27. The molecule has 0 heterocycles. The van der Waals surface area contributed by atoms with Gasteiger partial charge in [0, 0.05) is 0 Å². The Morgan fingerprint density at radius 2 is 2.00 bits per heavy atom. The fraction of sp³-hybridized carbons (Fsp3) is 0.417. The lowest BCUT2D eigenvalue weighted by molar-refractivity contribution is -0.139. The standard InChI is InChI=1S/C12H16O2S/c1-3-15-12(2,11(13)14)9-10-7-5-4-6-8-10/h4-8H,3,9H2,1-2H3,(H,13,14). The molecule has 0 saturated carbocycles. The third-order valence-corrected chi connectivity index (χ3v) is 3.54. The van der Waals surface area contributed by atoms with Gasteiger partial charge in [0.25, 0.3) is 0 Å². The molecule has 0 amide bonds. The zero-order valence-electron chi connectivity index (χ0n) is 9.06. The highest BCUT2D eigenvalue weighted by Gasteiger charge is 2.33. The van der Waals surface area contributed by atoms with E-state index in [1.165, 1.54) is 11.8 Å². The minimum atomic E-state index is -0.738. The summed E-state index contributed by atoms with van der Waals surface area (Å²) < 4.78 is -0.712. The second-order valence-electron chi connectivity index (χ2n) is 3.63. The summed E-state index contributed by atoms with van der Waals surface area (Å²) in [6, 6.07) is 9.76. The lowest BCUT2D eigenvalue weighted by atomic mass is 10.0. The first-order chi connectivity index (χ1) is 7.08. The number of hydrogen-bond acceptors (Lipinski definition) is 2. The maximum atomic E-state index is 11.2. The van der Waals surface area contributed by atoms with E-state index in [1.54, 1.807) is 6.92 Å². The van der Waals surface area contributed by atoms with Crippen molar-refractivity contribution in [1.82, 2.24) is 0 Å². The van der Waals surface area contributed by atoms with Crippen molar-refractivity contribution in [2.24, 2.45) is 0 Å². The fourth-order valence-electron chi connectivity index (χ4n) is 1.49. The van der Waals surface area contributed by atoms with Crippen LogP contribution in [0.5, 0.6) is 0 Å². The zero-order valence-corrected chi connectivity index (χ0v) is 9.88. The van der Waals surface area contributed by atoms with Crippen LogP contribution in [0.1, 0.15) is 19.4 Å². The first-order valence-electron chi connectivity index (χ1n) is 5.00. The number of hydrogen-bond donors (Lipinski definition) is 1. The second-order valence-corrected chi connectivity index (χ2v) is 5.40. The predicted octanol–water partition coefficient (Wildman–Crippen LogP) is 2.83. The van der Waals surface area contributed by atoms with E-state index in [2.05, 4.69) is 0 Å². The first kappa shape index (κ1) is 12.1. The van der Waals surface area contributed by atoms with E-state index in [0.29, 0.717) is 6.42 Å². The van der Waals surface area contributed by atoms with Crippen molar-refractivity contribution in [3.05, 3.63) is 35.9 Å². The normalized spacial score (nSPS) is 14.5. The van der Waals surface area contributed by atoms with Crippen LogP contribution in [-0.2, 0) is 11.2 Å². The summed E-state index contributed by atoms with van der Waals surface area (Å²) in [6.07, 6.45) is 0.571. The molecule has 0 aromatic heterocycles. The quantitative estimate of drug-likeness (QED) is 0.835. The highest BCUT2D eigenvalue weighted by molar-refractivity contribution is 8.01. The van der Waals surface area contributed by atoms with Gasteiger partial charge in [0.05, 0.1) is 0 Å². The van der Waals surface area contributed by atoms with Crippen LogP contribution < -0.4 is 0 Å². The summed E-state index contributed by atoms with van der Waals surface area (Å²) in [4.78, 5) is 11.2.